The molecule has 0 spiro atoms. The van der Waals surface area contributed by atoms with Crippen molar-refractivity contribution in [2.45, 2.75) is 25.4 Å². The number of nitro benzene ring substituents is 1. The summed E-state index contributed by atoms with van der Waals surface area (Å²) in [4.78, 5) is 25.8. The molecule has 1 amide bonds. The fourth-order valence-corrected chi connectivity index (χ4v) is 3.53. The van der Waals surface area contributed by atoms with Crippen LogP contribution in [-0.2, 0) is 6.54 Å². The standard InChI is InChI=1S/C20H24N4O4/c1-22(14-15-6-3-2-4-7-15)18-9-5-8-17(19(18)24(27)28)21-16-10-12-23(13-11-16)20(25)26/h2-9,16,21H,10-14H2,1H3,(H,25,26). The molecule has 1 aliphatic heterocycles. The normalized spacial score (nSPS) is 14.5. The van der Waals surface area contributed by atoms with E-state index >= 15 is 0 Å². The van der Waals surface area contributed by atoms with Gasteiger partial charge in [-0.2, -0.15) is 0 Å². The average molecular weight is 384 g/mol. The van der Waals surface area contributed by atoms with Crippen LogP contribution in [0.4, 0.5) is 21.9 Å². The Morgan fingerprint density at radius 3 is 2.50 bits per heavy atom. The number of hydrogen-bond donors (Lipinski definition) is 2. The first-order valence-electron chi connectivity index (χ1n) is 9.22. The van der Waals surface area contributed by atoms with E-state index < -0.39 is 6.09 Å². The van der Waals surface area contributed by atoms with Crippen molar-refractivity contribution in [3.05, 3.63) is 64.2 Å². The quantitative estimate of drug-likeness (QED) is 0.581. The monoisotopic (exact) mass is 384 g/mol. The Balaban J connectivity index is 1.78. The highest BCUT2D eigenvalue weighted by molar-refractivity contribution is 5.77. The van der Waals surface area contributed by atoms with E-state index in [2.05, 4.69) is 5.32 Å². The van der Waals surface area contributed by atoms with Gasteiger partial charge in [-0.05, 0) is 30.5 Å². The highest BCUT2D eigenvalue weighted by Gasteiger charge is 2.27. The third kappa shape index (κ3) is 4.51. The number of anilines is 2. The maximum absolute atomic E-state index is 11.8. The summed E-state index contributed by atoms with van der Waals surface area (Å²) >= 11 is 0. The Hall–Kier alpha value is -3.29. The van der Waals surface area contributed by atoms with Gasteiger partial charge in [-0.3, -0.25) is 10.1 Å². The molecule has 0 bridgehead atoms. The van der Waals surface area contributed by atoms with E-state index in [1.807, 2.05) is 42.3 Å². The fourth-order valence-electron chi connectivity index (χ4n) is 3.53. The SMILES string of the molecule is CN(Cc1ccccc1)c1cccc(NC2CCN(C(=O)O)CC2)c1[N+](=O)[O-]. The van der Waals surface area contributed by atoms with Gasteiger partial charge in [0.25, 0.3) is 0 Å². The number of benzene rings is 2. The third-order valence-corrected chi connectivity index (χ3v) is 5.00. The smallest absolute Gasteiger partial charge is 0.407 e. The molecular formula is C20H24N4O4. The van der Waals surface area contributed by atoms with E-state index in [1.165, 1.54) is 4.90 Å². The van der Waals surface area contributed by atoms with E-state index in [0.29, 0.717) is 43.9 Å². The predicted octanol–water partition coefficient (Wildman–Crippen LogP) is 3.79. The minimum atomic E-state index is -0.922. The van der Waals surface area contributed by atoms with E-state index in [1.54, 1.807) is 18.2 Å². The Kier molecular flexibility index (Phi) is 5.98. The number of amides is 1. The lowest BCUT2D eigenvalue weighted by atomic mass is 10.0. The molecule has 148 valence electrons. The van der Waals surface area contributed by atoms with Crippen molar-refractivity contribution < 1.29 is 14.8 Å². The number of nitrogens with zero attached hydrogens (tertiary/aromatic N) is 3. The Bertz CT molecular complexity index is 835. The number of nitro groups is 1. The van der Waals surface area contributed by atoms with Gasteiger partial charge < -0.3 is 20.2 Å². The first-order chi connectivity index (χ1) is 13.5. The lowest BCUT2D eigenvalue weighted by molar-refractivity contribution is -0.383. The highest BCUT2D eigenvalue weighted by atomic mass is 16.6. The summed E-state index contributed by atoms with van der Waals surface area (Å²) in [6.45, 7) is 1.41. The molecule has 0 aliphatic carbocycles. The van der Waals surface area contributed by atoms with Crippen molar-refractivity contribution in [2.24, 2.45) is 0 Å². The van der Waals surface area contributed by atoms with E-state index in [4.69, 9.17) is 5.11 Å². The molecule has 2 aromatic rings. The zero-order valence-electron chi connectivity index (χ0n) is 15.7. The summed E-state index contributed by atoms with van der Waals surface area (Å²) in [6.07, 6.45) is 0.315. The third-order valence-electron chi connectivity index (χ3n) is 5.00. The van der Waals surface area contributed by atoms with Gasteiger partial charge in [-0.25, -0.2) is 4.79 Å². The zero-order valence-corrected chi connectivity index (χ0v) is 15.7. The number of nitrogens with one attached hydrogen (secondary N) is 1. The molecule has 1 saturated heterocycles. The predicted molar refractivity (Wildman–Crippen MR) is 108 cm³/mol. The van der Waals surface area contributed by atoms with Gasteiger partial charge >= 0.3 is 11.8 Å². The largest absolute Gasteiger partial charge is 0.465 e. The molecule has 0 atom stereocenters. The van der Waals surface area contributed by atoms with Crippen LogP contribution < -0.4 is 10.2 Å². The van der Waals surface area contributed by atoms with Gasteiger partial charge in [0.1, 0.15) is 11.4 Å². The van der Waals surface area contributed by atoms with Crippen molar-refractivity contribution >= 4 is 23.2 Å². The number of hydrogen-bond acceptors (Lipinski definition) is 5. The van der Waals surface area contributed by atoms with Crippen LogP contribution in [-0.4, -0.2) is 47.2 Å². The van der Waals surface area contributed by atoms with E-state index in [0.717, 1.165) is 5.56 Å². The minimum Gasteiger partial charge on any atom is -0.465 e. The van der Waals surface area contributed by atoms with Crippen LogP contribution in [0.15, 0.2) is 48.5 Å². The Morgan fingerprint density at radius 2 is 1.89 bits per heavy atom. The van der Waals surface area contributed by atoms with Gasteiger partial charge in [0, 0.05) is 32.7 Å². The van der Waals surface area contributed by atoms with Crippen LogP contribution in [0.3, 0.4) is 0 Å². The van der Waals surface area contributed by atoms with Crippen molar-refractivity contribution in [3.63, 3.8) is 0 Å². The second-order valence-corrected chi connectivity index (χ2v) is 6.96. The van der Waals surface area contributed by atoms with Crippen LogP contribution in [0.1, 0.15) is 18.4 Å². The molecule has 0 radical (unpaired) electrons. The van der Waals surface area contributed by atoms with Crippen molar-refractivity contribution in [1.82, 2.24) is 4.90 Å². The molecule has 8 nitrogen and oxygen atoms in total. The molecule has 0 aromatic heterocycles. The van der Waals surface area contributed by atoms with Crippen LogP contribution in [0, 0.1) is 10.1 Å². The molecule has 28 heavy (non-hydrogen) atoms. The summed E-state index contributed by atoms with van der Waals surface area (Å²) in [7, 11) is 1.84. The van der Waals surface area contributed by atoms with Crippen LogP contribution in [0.25, 0.3) is 0 Å². The van der Waals surface area contributed by atoms with Crippen LogP contribution in [0.5, 0.6) is 0 Å². The molecule has 1 fully saturated rings. The number of carbonyl (C=O) groups is 1. The van der Waals surface area contributed by atoms with Crippen molar-refractivity contribution in [2.75, 3.05) is 30.4 Å². The summed E-state index contributed by atoms with van der Waals surface area (Å²) < 4.78 is 0. The van der Waals surface area contributed by atoms with E-state index in [9.17, 15) is 14.9 Å². The molecule has 2 N–H and O–H groups in total. The molecule has 0 unspecified atom stereocenters. The first-order valence-corrected chi connectivity index (χ1v) is 9.22. The summed E-state index contributed by atoms with van der Waals surface area (Å²) in [5.41, 5.74) is 2.12. The topological polar surface area (TPSA) is 99.0 Å². The molecule has 1 heterocycles. The van der Waals surface area contributed by atoms with Crippen LogP contribution >= 0.6 is 0 Å². The second-order valence-electron chi connectivity index (χ2n) is 6.96. The molecule has 0 saturated carbocycles. The number of likely N-dealkylation sites (tertiary alicyclic amines) is 1. The number of rotatable bonds is 6. The lowest BCUT2D eigenvalue weighted by Crippen LogP contribution is -2.41. The van der Waals surface area contributed by atoms with Gasteiger partial charge in [0.2, 0.25) is 0 Å². The highest BCUT2D eigenvalue weighted by Crippen LogP contribution is 2.36. The average Bonchev–Trinajstić information content (AvgIpc) is 2.68. The Morgan fingerprint density at radius 1 is 1.21 bits per heavy atom. The molecule has 2 aromatic carbocycles. The van der Waals surface area contributed by atoms with Crippen molar-refractivity contribution in [1.29, 1.82) is 0 Å². The first kappa shape index (κ1) is 19.5. The zero-order chi connectivity index (χ0) is 20.1. The van der Waals surface area contributed by atoms with Crippen LogP contribution in [0.2, 0.25) is 0 Å². The summed E-state index contributed by atoms with van der Waals surface area (Å²) in [5.74, 6) is 0. The second kappa shape index (κ2) is 8.60. The maximum atomic E-state index is 11.8. The number of carboxylic acid groups (broad SMARTS) is 1. The molecule has 1 aliphatic rings. The summed E-state index contributed by atoms with van der Waals surface area (Å²) in [6, 6.07) is 15.1. The van der Waals surface area contributed by atoms with Gasteiger partial charge in [0.05, 0.1) is 4.92 Å². The van der Waals surface area contributed by atoms with E-state index in [-0.39, 0.29) is 16.7 Å². The molecule has 8 heteroatoms. The number of para-hydroxylation sites is 1. The number of piperidine rings is 1. The molecular weight excluding hydrogens is 360 g/mol. The minimum absolute atomic E-state index is 0.00368. The fraction of sp³-hybridized carbons (Fsp3) is 0.350. The van der Waals surface area contributed by atoms with Gasteiger partial charge in [0.15, 0.2) is 0 Å². The van der Waals surface area contributed by atoms with Crippen molar-refractivity contribution in [3.8, 4) is 0 Å². The van der Waals surface area contributed by atoms with Gasteiger partial charge in [-0.15, -0.1) is 0 Å². The van der Waals surface area contributed by atoms with Gasteiger partial charge in [-0.1, -0.05) is 36.4 Å². The Labute approximate surface area is 163 Å². The lowest BCUT2D eigenvalue weighted by Gasteiger charge is -2.31. The molecule has 3 rings (SSSR count). The summed E-state index contributed by atoms with van der Waals surface area (Å²) in [5, 5.41) is 24.2. The maximum Gasteiger partial charge on any atom is 0.407 e.